The summed E-state index contributed by atoms with van der Waals surface area (Å²) in [6.45, 7) is 1.04. The van der Waals surface area contributed by atoms with Crippen molar-refractivity contribution in [2.45, 2.75) is 30.6 Å². The highest BCUT2D eigenvalue weighted by atomic mass is 35.5. The van der Waals surface area contributed by atoms with E-state index in [1.165, 1.54) is 24.7 Å². The maximum Gasteiger partial charge on any atom is 0.204 e. The molecule has 182 valence electrons. The number of aromatic nitrogens is 3. The van der Waals surface area contributed by atoms with Gasteiger partial charge in [0, 0.05) is 34.1 Å². The summed E-state index contributed by atoms with van der Waals surface area (Å²) in [5, 5.41) is 47.7. The molecule has 1 aliphatic rings. The molecular weight excluding hydrogens is 492 g/mol. The molecule has 0 radical (unpaired) electrons. The minimum absolute atomic E-state index is 0.0551. The molecule has 1 saturated heterocycles. The molecule has 1 aromatic carbocycles. The Morgan fingerprint density at radius 2 is 1.85 bits per heavy atom. The molecule has 1 aliphatic heterocycles. The third-order valence-corrected chi connectivity index (χ3v) is 6.23. The molecule has 1 atom stereocenters. The second kappa shape index (κ2) is 8.93. The average Bonchev–Trinajstić information content (AvgIpc) is 3.20. The number of β-amino-alcohol motifs (C(OH)–C–C–N with tert-alkyl or cyclic N) is 4. The highest BCUT2D eigenvalue weighted by Gasteiger charge is 2.53. The summed E-state index contributed by atoms with van der Waals surface area (Å²) >= 11 is 12.2. The van der Waals surface area contributed by atoms with E-state index >= 15 is 0 Å². The molecule has 13 heteroatoms. The monoisotopic (exact) mass is 513 g/mol. The van der Waals surface area contributed by atoms with Gasteiger partial charge < -0.3 is 36.2 Å². The van der Waals surface area contributed by atoms with Crippen molar-refractivity contribution in [1.82, 2.24) is 20.1 Å². The Morgan fingerprint density at radius 3 is 2.53 bits per heavy atom. The van der Waals surface area contributed by atoms with E-state index in [4.69, 9.17) is 33.7 Å². The molecule has 1 fully saturated rings. The van der Waals surface area contributed by atoms with Gasteiger partial charge in [-0.15, -0.1) is 0 Å². The SMILES string of the molecule is CC(Oc1cc(-c2cnn(C3C(O)(O)CNCC3(O)O)c2)cnc1N)c1c(Cl)ccc(F)c1Cl. The average molecular weight is 514 g/mol. The smallest absolute Gasteiger partial charge is 0.204 e. The first-order valence-corrected chi connectivity index (χ1v) is 10.9. The van der Waals surface area contributed by atoms with Crippen LogP contribution in [0.25, 0.3) is 11.1 Å². The molecule has 4 rings (SSSR count). The lowest BCUT2D eigenvalue weighted by Crippen LogP contribution is -2.65. The molecule has 0 aliphatic carbocycles. The Hall–Kier alpha value is -2.51. The van der Waals surface area contributed by atoms with Gasteiger partial charge in [0.25, 0.3) is 0 Å². The predicted octanol–water partition coefficient (Wildman–Crippen LogP) is 1.62. The van der Waals surface area contributed by atoms with E-state index in [-0.39, 0.29) is 40.3 Å². The van der Waals surface area contributed by atoms with Crippen molar-refractivity contribution < 1.29 is 29.6 Å². The number of benzene rings is 1. The lowest BCUT2D eigenvalue weighted by molar-refractivity contribution is -0.307. The fourth-order valence-corrected chi connectivity index (χ4v) is 4.60. The van der Waals surface area contributed by atoms with E-state index in [2.05, 4.69) is 15.4 Å². The molecule has 0 bridgehead atoms. The minimum atomic E-state index is -2.47. The maximum absolute atomic E-state index is 13.9. The lowest BCUT2D eigenvalue weighted by Gasteiger charge is -2.43. The van der Waals surface area contributed by atoms with Crippen LogP contribution in [0.2, 0.25) is 10.0 Å². The summed E-state index contributed by atoms with van der Waals surface area (Å²) in [5.74, 6) is -5.38. The first-order chi connectivity index (χ1) is 15.9. The minimum Gasteiger partial charge on any atom is -0.482 e. The molecule has 2 aromatic heterocycles. The van der Waals surface area contributed by atoms with Crippen molar-refractivity contribution in [2.75, 3.05) is 18.8 Å². The van der Waals surface area contributed by atoms with Crippen LogP contribution < -0.4 is 15.8 Å². The van der Waals surface area contributed by atoms with Crippen LogP contribution in [0.15, 0.2) is 36.8 Å². The van der Waals surface area contributed by atoms with E-state index < -0.39 is 29.5 Å². The molecule has 3 heterocycles. The van der Waals surface area contributed by atoms with E-state index in [1.54, 1.807) is 13.0 Å². The Labute approximate surface area is 203 Å². The van der Waals surface area contributed by atoms with Crippen molar-refractivity contribution in [2.24, 2.45) is 0 Å². The van der Waals surface area contributed by atoms with E-state index in [9.17, 15) is 24.8 Å². The summed E-state index contributed by atoms with van der Waals surface area (Å²) in [7, 11) is 0. The first kappa shape index (κ1) is 24.6. The number of rotatable bonds is 5. The second-order valence-electron chi connectivity index (χ2n) is 8.10. The molecule has 10 nitrogen and oxygen atoms in total. The van der Waals surface area contributed by atoms with Gasteiger partial charge in [-0.25, -0.2) is 9.37 Å². The summed E-state index contributed by atoms with van der Waals surface area (Å²) < 4.78 is 20.9. The Morgan fingerprint density at radius 1 is 1.18 bits per heavy atom. The van der Waals surface area contributed by atoms with Gasteiger partial charge in [0.05, 0.1) is 24.3 Å². The van der Waals surface area contributed by atoms with Crippen molar-refractivity contribution in [3.63, 3.8) is 0 Å². The molecule has 3 aromatic rings. The van der Waals surface area contributed by atoms with Gasteiger partial charge in [-0.3, -0.25) is 4.68 Å². The Kier molecular flexibility index (Phi) is 6.46. The number of halogens is 3. The Balaban J connectivity index is 1.64. The topological polar surface area (TPSA) is 159 Å². The highest BCUT2D eigenvalue weighted by molar-refractivity contribution is 6.36. The number of anilines is 1. The number of nitrogen functional groups attached to an aromatic ring is 1. The van der Waals surface area contributed by atoms with Crippen LogP contribution in [-0.4, -0.2) is 59.9 Å². The molecule has 34 heavy (non-hydrogen) atoms. The van der Waals surface area contributed by atoms with Gasteiger partial charge >= 0.3 is 0 Å². The van der Waals surface area contributed by atoms with Gasteiger partial charge in [0.1, 0.15) is 11.9 Å². The van der Waals surface area contributed by atoms with E-state index in [0.717, 1.165) is 10.7 Å². The highest BCUT2D eigenvalue weighted by Crippen LogP contribution is 2.38. The molecular formula is C21H22Cl2FN5O5. The van der Waals surface area contributed by atoms with Crippen molar-refractivity contribution in [1.29, 1.82) is 0 Å². The number of nitrogens with zero attached hydrogens (tertiary/aromatic N) is 3. The summed E-state index contributed by atoms with van der Waals surface area (Å²) in [5.41, 5.74) is 7.14. The molecule has 0 spiro atoms. The van der Waals surface area contributed by atoms with Gasteiger partial charge in [0.15, 0.2) is 17.6 Å². The number of pyridine rings is 1. The summed E-state index contributed by atoms with van der Waals surface area (Å²) in [6, 6.07) is 2.51. The summed E-state index contributed by atoms with van der Waals surface area (Å²) in [4.78, 5) is 4.11. The van der Waals surface area contributed by atoms with Gasteiger partial charge in [-0.05, 0) is 25.1 Å². The van der Waals surface area contributed by atoms with Crippen molar-refractivity contribution >= 4 is 29.0 Å². The molecule has 0 saturated carbocycles. The zero-order valence-corrected chi connectivity index (χ0v) is 19.3. The number of nitrogens with one attached hydrogen (secondary N) is 1. The third kappa shape index (κ3) is 4.56. The van der Waals surface area contributed by atoms with Crippen LogP contribution in [0.4, 0.5) is 10.2 Å². The van der Waals surface area contributed by atoms with Crippen LogP contribution >= 0.6 is 23.2 Å². The van der Waals surface area contributed by atoms with Gasteiger partial charge in [-0.1, -0.05) is 23.2 Å². The zero-order valence-electron chi connectivity index (χ0n) is 17.8. The Bertz CT molecular complexity index is 1210. The van der Waals surface area contributed by atoms with Crippen molar-refractivity contribution in [3.05, 3.63) is 58.2 Å². The fraction of sp³-hybridized carbons (Fsp3) is 0.333. The quantitative estimate of drug-likeness (QED) is 0.220. The standard InChI is InChI=1S/C21H22Cl2FN5O5/c1-10(16-13(22)2-3-14(24)17(16)23)34-15-4-11(5-27-18(15)25)12-6-28-29(7-12)19-20(30,31)8-26-9-21(19,32)33/h2-7,10,19,26,30-33H,8-9H2,1H3,(H2,25,27). The second-order valence-corrected chi connectivity index (χ2v) is 8.88. The fourth-order valence-electron chi connectivity index (χ4n) is 3.92. The number of hydrogen-bond donors (Lipinski definition) is 6. The number of hydrogen-bond acceptors (Lipinski definition) is 9. The third-order valence-electron chi connectivity index (χ3n) is 5.52. The zero-order chi connectivity index (χ0) is 24.8. The number of nitrogens with two attached hydrogens (primary N) is 1. The van der Waals surface area contributed by atoms with Crippen LogP contribution in [0.1, 0.15) is 24.6 Å². The van der Waals surface area contributed by atoms with Gasteiger partial charge in [-0.2, -0.15) is 5.10 Å². The lowest BCUT2D eigenvalue weighted by atomic mass is 9.93. The number of piperidine rings is 1. The van der Waals surface area contributed by atoms with Crippen LogP contribution in [0.5, 0.6) is 5.75 Å². The predicted molar refractivity (Wildman–Crippen MR) is 122 cm³/mol. The molecule has 0 amide bonds. The molecule has 1 unspecified atom stereocenters. The first-order valence-electron chi connectivity index (χ1n) is 10.1. The largest absolute Gasteiger partial charge is 0.482 e. The maximum atomic E-state index is 13.9. The van der Waals surface area contributed by atoms with Crippen LogP contribution in [0.3, 0.4) is 0 Å². The van der Waals surface area contributed by atoms with Crippen LogP contribution in [-0.2, 0) is 0 Å². The molecule has 7 N–H and O–H groups in total. The number of aliphatic hydroxyl groups is 4. The van der Waals surface area contributed by atoms with Crippen molar-refractivity contribution in [3.8, 4) is 16.9 Å². The van der Waals surface area contributed by atoms with E-state index in [0.29, 0.717) is 11.1 Å². The van der Waals surface area contributed by atoms with Gasteiger partial charge in [0.2, 0.25) is 11.6 Å². The number of ether oxygens (including phenoxy) is 1. The summed E-state index contributed by atoms with van der Waals surface area (Å²) in [6.07, 6.45) is 3.45. The van der Waals surface area contributed by atoms with E-state index in [1.807, 2.05) is 0 Å². The normalized spacial score (nSPS) is 18.6. The van der Waals surface area contributed by atoms with Crippen LogP contribution in [0, 0.1) is 5.82 Å².